The van der Waals surface area contributed by atoms with E-state index in [1.165, 1.54) is 6.92 Å². The first-order valence-electron chi connectivity index (χ1n) is 7.67. The van der Waals surface area contributed by atoms with Crippen LogP contribution in [-0.4, -0.2) is 21.8 Å². The van der Waals surface area contributed by atoms with Gasteiger partial charge in [-0.3, -0.25) is 25.0 Å². The van der Waals surface area contributed by atoms with Gasteiger partial charge >= 0.3 is 0 Å². The number of amides is 1. The van der Waals surface area contributed by atoms with Crippen molar-refractivity contribution in [2.24, 2.45) is 0 Å². The van der Waals surface area contributed by atoms with Gasteiger partial charge in [0, 0.05) is 23.2 Å². The first-order valence-corrected chi connectivity index (χ1v) is 8.05. The minimum atomic E-state index is -0.740. The molecule has 0 saturated heterocycles. The van der Waals surface area contributed by atoms with Crippen LogP contribution in [0.15, 0.2) is 36.4 Å². The zero-order valence-electron chi connectivity index (χ0n) is 14.1. The van der Waals surface area contributed by atoms with E-state index in [2.05, 4.69) is 5.32 Å². The van der Waals surface area contributed by atoms with Gasteiger partial charge in [-0.2, -0.15) is 0 Å². The number of carbonyl (C=O) groups is 1. The molecule has 0 unspecified atom stereocenters. The van der Waals surface area contributed by atoms with Crippen LogP contribution in [0.2, 0.25) is 5.02 Å². The summed E-state index contributed by atoms with van der Waals surface area (Å²) in [6.45, 7) is 3.05. The fraction of sp³-hybridized carbons (Fsp3) is 0.235. The molecule has 1 amide bonds. The number of rotatable bonds is 6. The lowest BCUT2D eigenvalue weighted by atomic mass is 10.0. The Hall–Kier alpha value is -3.00. The summed E-state index contributed by atoms with van der Waals surface area (Å²) < 4.78 is 0. The van der Waals surface area contributed by atoms with Crippen LogP contribution in [0.25, 0.3) is 0 Å². The van der Waals surface area contributed by atoms with Crippen molar-refractivity contribution in [3.8, 4) is 0 Å². The highest BCUT2D eigenvalue weighted by molar-refractivity contribution is 6.30. The number of nitro benzene ring substituents is 2. The van der Waals surface area contributed by atoms with Crippen molar-refractivity contribution in [2.75, 3.05) is 0 Å². The van der Waals surface area contributed by atoms with Crippen molar-refractivity contribution in [2.45, 2.75) is 26.3 Å². The maximum atomic E-state index is 12.4. The molecule has 0 aliphatic rings. The van der Waals surface area contributed by atoms with Crippen molar-refractivity contribution in [3.63, 3.8) is 0 Å². The van der Waals surface area contributed by atoms with Crippen LogP contribution in [0, 0.1) is 27.2 Å². The number of hydrogen-bond acceptors (Lipinski definition) is 5. The third kappa shape index (κ3) is 4.54. The highest BCUT2D eigenvalue weighted by Gasteiger charge is 2.25. The van der Waals surface area contributed by atoms with Crippen molar-refractivity contribution < 1.29 is 14.6 Å². The van der Waals surface area contributed by atoms with E-state index in [1.807, 2.05) is 12.1 Å². The molecule has 8 nitrogen and oxygen atoms in total. The molecule has 1 atom stereocenters. The number of benzene rings is 2. The summed E-state index contributed by atoms with van der Waals surface area (Å²) in [5.74, 6) is -0.613. The van der Waals surface area contributed by atoms with E-state index in [1.54, 1.807) is 19.1 Å². The van der Waals surface area contributed by atoms with E-state index in [9.17, 15) is 25.0 Å². The normalized spacial score (nSPS) is 11.7. The van der Waals surface area contributed by atoms with Gasteiger partial charge in [0.25, 0.3) is 17.3 Å². The third-order valence-corrected chi connectivity index (χ3v) is 4.09. The Morgan fingerprint density at radius 1 is 1.12 bits per heavy atom. The lowest BCUT2D eigenvalue weighted by Gasteiger charge is -2.14. The van der Waals surface area contributed by atoms with E-state index in [0.29, 0.717) is 11.4 Å². The summed E-state index contributed by atoms with van der Waals surface area (Å²) in [5, 5.41) is 25.5. The number of nitro groups is 2. The zero-order valence-corrected chi connectivity index (χ0v) is 14.8. The summed E-state index contributed by atoms with van der Waals surface area (Å²) in [6, 6.07) is 8.93. The van der Waals surface area contributed by atoms with E-state index in [0.717, 1.165) is 17.7 Å². The molecule has 0 heterocycles. The van der Waals surface area contributed by atoms with E-state index in [4.69, 9.17) is 11.6 Å². The van der Waals surface area contributed by atoms with E-state index < -0.39 is 27.1 Å². The summed E-state index contributed by atoms with van der Waals surface area (Å²) in [6.07, 6.45) is 0.513. The van der Waals surface area contributed by atoms with Crippen molar-refractivity contribution in [1.82, 2.24) is 5.32 Å². The Labute approximate surface area is 154 Å². The Kier molecular flexibility index (Phi) is 5.89. The lowest BCUT2D eigenvalue weighted by Crippen LogP contribution is -2.34. The standard InChI is InChI=1S/C17H16ClN3O5/c1-10(7-12-3-5-14(18)6-4-12)19-17(22)13-8-15(20(23)24)11(2)16(9-13)21(25)26/h3-6,8-10H,7H2,1-2H3,(H,19,22)/t10-/m0/s1. The van der Waals surface area contributed by atoms with Gasteiger partial charge in [0.05, 0.1) is 15.4 Å². The Balaban J connectivity index is 2.21. The molecule has 9 heteroatoms. The van der Waals surface area contributed by atoms with Crippen molar-refractivity contribution in [3.05, 3.63) is 78.3 Å². The highest BCUT2D eigenvalue weighted by atomic mass is 35.5. The number of halogens is 1. The number of carbonyl (C=O) groups excluding carboxylic acids is 1. The summed E-state index contributed by atoms with van der Waals surface area (Å²) in [7, 11) is 0. The third-order valence-electron chi connectivity index (χ3n) is 3.84. The fourth-order valence-corrected chi connectivity index (χ4v) is 2.65. The molecule has 0 aliphatic heterocycles. The molecule has 0 aromatic heterocycles. The molecule has 136 valence electrons. The highest BCUT2D eigenvalue weighted by Crippen LogP contribution is 2.29. The quantitative estimate of drug-likeness (QED) is 0.606. The van der Waals surface area contributed by atoms with Crippen LogP contribution in [0.4, 0.5) is 11.4 Å². The lowest BCUT2D eigenvalue weighted by molar-refractivity contribution is -0.395. The van der Waals surface area contributed by atoms with Crippen LogP contribution in [-0.2, 0) is 6.42 Å². The maximum Gasteiger partial charge on any atom is 0.279 e. The van der Waals surface area contributed by atoms with Crippen LogP contribution < -0.4 is 5.32 Å². The van der Waals surface area contributed by atoms with E-state index >= 15 is 0 Å². The fourth-order valence-electron chi connectivity index (χ4n) is 2.53. The van der Waals surface area contributed by atoms with Crippen LogP contribution in [0.3, 0.4) is 0 Å². The summed E-state index contributed by atoms with van der Waals surface area (Å²) >= 11 is 5.83. The van der Waals surface area contributed by atoms with Crippen LogP contribution in [0.1, 0.15) is 28.4 Å². The van der Waals surface area contributed by atoms with Gasteiger partial charge in [-0.15, -0.1) is 0 Å². The van der Waals surface area contributed by atoms with Gasteiger partial charge in [0.1, 0.15) is 5.56 Å². The predicted octanol–water partition coefficient (Wildman–Crippen LogP) is 3.83. The average Bonchev–Trinajstić information content (AvgIpc) is 2.56. The van der Waals surface area contributed by atoms with Crippen molar-refractivity contribution >= 4 is 28.9 Å². The smallest absolute Gasteiger partial charge is 0.279 e. The van der Waals surface area contributed by atoms with Gasteiger partial charge < -0.3 is 5.32 Å². The SMILES string of the molecule is Cc1c([N+](=O)[O-])cc(C(=O)N[C@@H](C)Cc2ccc(Cl)cc2)cc1[N+](=O)[O-]. The molecule has 0 bridgehead atoms. The Morgan fingerprint density at radius 3 is 2.08 bits per heavy atom. The van der Waals surface area contributed by atoms with Gasteiger partial charge in [-0.05, 0) is 38.0 Å². The molecule has 2 aromatic rings. The molecule has 2 rings (SSSR count). The molecular weight excluding hydrogens is 362 g/mol. The molecule has 0 aliphatic carbocycles. The molecular formula is C17H16ClN3O5. The minimum absolute atomic E-state index is 0.0919. The summed E-state index contributed by atoms with van der Waals surface area (Å²) in [4.78, 5) is 33.1. The molecule has 0 saturated carbocycles. The van der Waals surface area contributed by atoms with Gasteiger partial charge in [-0.1, -0.05) is 23.7 Å². The molecule has 1 N–H and O–H groups in total. The molecule has 0 radical (unpaired) electrons. The second-order valence-electron chi connectivity index (χ2n) is 5.86. The van der Waals surface area contributed by atoms with E-state index in [-0.39, 0.29) is 17.2 Å². The largest absolute Gasteiger partial charge is 0.349 e. The maximum absolute atomic E-state index is 12.4. The van der Waals surface area contributed by atoms with Gasteiger partial charge in [-0.25, -0.2) is 0 Å². The predicted molar refractivity (Wildman–Crippen MR) is 96.6 cm³/mol. The second-order valence-corrected chi connectivity index (χ2v) is 6.30. The van der Waals surface area contributed by atoms with Gasteiger partial charge in [0.2, 0.25) is 0 Å². The number of nitrogens with one attached hydrogen (secondary N) is 1. The molecule has 2 aromatic carbocycles. The Bertz CT molecular complexity index is 832. The minimum Gasteiger partial charge on any atom is -0.349 e. The first-order chi connectivity index (χ1) is 12.2. The zero-order chi connectivity index (χ0) is 19.4. The monoisotopic (exact) mass is 377 g/mol. The van der Waals surface area contributed by atoms with Crippen LogP contribution in [0.5, 0.6) is 0 Å². The molecule has 0 spiro atoms. The van der Waals surface area contributed by atoms with Crippen LogP contribution >= 0.6 is 11.6 Å². The van der Waals surface area contributed by atoms with Crippen molar-refractivity contribution in [1.29, 1.82) is 0 Å². The topological polar surface area (TPSA) is 115 Å². The number of nitrogens with zero attached hydrogens (tertiary/aromatic N) is 2. The van der Waals surface area contributed by atoms with Gasteiger partial charge in [0.15, 0.2) is 0 Å². The first kappa shape index (κ1) is 19.3. The molecule has 26 heavy (non-hydrogen) atoms. The number of hydrogen-bond donors (Lipinski definition) is 1. The average molecular weight is 378 g/mol. The molecule has 0 fully saturated rings. The second kappa shape index (κ2) is 7.92. The Morgan fingerprint density at radius 2 is 1.62 bits per heavy atom. The summed E-state index contributed by atoms with van der Waals surface area (Å²) in [5.41, 5.74) is -0.199.